The summed E-state index contributed by atoms with van der Waals surface area (Å²) in [5.41, 5.74) is 0. The molecule has 120 heavy (non-hydrogen) atoms. The molecule has 0 aromatic rings. The molecule has 0 radical (unpaired) electrons. The molecule has 120 N–H and O–H groups in total. The Balaban J connectivity index is 0. The van der Waals surface area contributed by atoms with Gasteiger partial charge in [-0.15, -0.1) is 0 Å². The van der Waals surface area contributed by atoms with Crippen molar-refractivity contribution < 1.29 is 376 Å². The van der Waals surface area contributed by atoms with E-state index in [0.29, 0.717) is 0 Å². The smallest absolute Gasteiger partial charge is 0.269 e. The third-order valence-corrected chi connectivity index (χ3v) is 0. The maximum atomic E-state index is 0. The lowest BCUT2D eigenvalue weighted by Gasteiger charge is -0.345. The molecule has 0 aliphatic heterocycles. The zero-order valence-electron chi connectivity index (χ0n) is 60.9. The van der Waals surface area contributed by atoms with Gasteiger partial charge in [0.1, 0.15) is 0 Å². The van der Waals surface area contributed by atoms with Gasteiger partial charge < -0.3 is 246 Å². The van der Waals surface area contributed by atoms with Crippen LogP contribution in [0, 0.1) is 0 Å². The molecule has 0 atom stereocenters. The minimum Gasteiger partial charge on any atom is -0.344 e. The van der Waals surface area contributed by atoms with E-state index >= 15 is 0 Å². The number of halogens is 80. The van der Waals surface area contributed by atoms with Crippen LogP contribution >= 0.6 is 0 Å². The predicted molar refractivity (Wildman–Crippen MR) is 401 cm³/mol. The first-order chi connectivity index (χ1) is 0. The van der Waals surface area contributed by atoms with E-state index < -0.39 is 0 Å². The highest BCUT2D eigenvalue weighted by atomic mass is 19.1. The van der Waals surface area contributed by atoms with Crippen LogP contribution in [0.4, 0.5) is 376 Å². The standard InChI is InChI=1S/80FH.40H3N/h80*1H;40*1H3. The van der Waals surface area contributed by atoms with E-state index in [1.54, 1.807) is 0 Å². The number of hydrogen-bond donors (Lipinski definition) is 40. The van der Waals surface area contributed by atoms with Gasteiger partial charge >= 0.3 is 0 Å². The van der Waals surface area contributed by atoms with E-state index in [2.05, 4.69) is 0 Å². The monoisotopic (exact) mass is 2280 g/mol. The van der Waals surface area contributed by atoms with Crippen LogP contribution in [-0.2, 0) is 0 Å². The third-order valence-electron chi connectivity index (χ3n) is 0. The third kappa shape index (κ3) is 25800. The Bertz CT molecular complexity index is 110. The zero-order chi connectivity index (χ0) is 0. The van der Waals surface area contributed by atoms with Gasteiger partial charge in [-0.25, -0.2) is 0 Å². The Kier molecular flexibility index (Phi) is 6000000. The van der Waals surface area contributed by atoms with Crippen molar-refractivity contribution in [3.63, 3.8) is 0 Å². The SMILES string of the molecule is F.F.F.F.F.F.F.F.F.F.F.F.F.F.F.F.F.F.F.F.F.F.F.F.F.F.F.F.F.F.F.F.F.F.F.F.F.F.F.F.F.F.F.F.F.F.F.F.F.F.F.F.F.F.F.F.F.F.F.F.F.F.F.F.F.F.F.F.F.F.F.F.F.F.F.F.F.F.F.F.N.N.N.N.N.N.N.N.N.N.N.N.N.N.N.N.N.N.N.N.N.N.N.N.N.N.N.N.N.N.N.N.N.N.N.N.N.N.N.N. The number of rotatable bonds is 0. The van der Waals surface area contributed by atoms with Gasteiger partial charge in [0.2, 0.25) is 0 Å². The molecular weight excluding hydrogens is 2080 g/mol. The largest absolute Gasteiger partial charge is 0.344 e. The van der Waals surface area contributed by atoms with Crippen LogP contribution < -0.4 is 246 Å². The van der Waals surface area contributed by atoms with E-state index in [0.717, 1.165) is 0 Å². The second-order valence-corrected chi connectivity index (χ2v) is 0. The van der Waals surface area contributed by atoms with Crippen LogP contribution in [0.3, 0.4) is 0 Å². The quantitative estimate of drug-likeness (QED) is 0.100. The summed E-state index contributed by atoms with van der Waals surface area (Å²) in [6.07, 6.45) is 0. The fourth-order valence-electron chi connectivity index (χ4n) is 0. The van der Waals surface area contributed by atoms with Gasteiger partial charge in [-0.2, -0.15) is 0 Å². The summed E-state index contributed by atoms with van der Waals surface area (Å²) in [6.45, 7) is 0. The van der Waals surface area contributed by atoms with E-state index in [-0.39, 0.29) is 622 Å². The molecule has 0 fully saturated rings. The van der Waals surface area contributed by atoms with Crippen LogP contribution in [0.2, 0.25) is 0 Å². The second kappa shape index (κ2) is 26500. The highest BCUT2D eigenvalue weighted by Gasteiger charge is -0.167. The Morgan fingerprint density at radius 3 is 0.0167 bits per heavy atom. The fraction of sp³-hybridized carbons (Fsp3) is 0. The van der Waals surface area contributed by atoms with Crippen LogP contribution in [-0.4, -0.2) is 0 Å². The van der Waals surface area contributed by atoms with Crippen molar-refractivity contribution in [1.82, 2.24) is 246 Å². The van der Waals surface area contributed by atoms with Crippen molar-refractivity contribution in [1.29, 1.82) is 0 Å². The Hall–Kier alpha value is -7.20. The predicted octanol–water partition coefficient (Wildman–Crippen LogP) is 18.7. The van der Waals surface area contributed by atoms with Crippen molar-refractivity contribution in [3.05, 3.63) is 0 Å². The molecule has 0 spiro atoms. The van der Waals surface area contributed by atoms with Crippen molar-refractivity contribution in [3.8, 4) is 0 Å². The summed E-state index contributed by atoms with van der Waals surface area (Å²) in [6, 6.07) is 0. The molecule has 0 saturated heterocycles. The summed E-state index contributed by atoms with van der Waals surface area (Å²) in [5.74, 6) is 0. The Morgan fingerprint density at radius 2 is 0.0167 bits per heavy atom. The van der Waals surface area contributed by atoms with Crippen molar-refractivity contribution in [2.75, 3.05) is 0 Å². The second-order valence-electron chi connectivity index (χ2n) is 0. The van der Waals surface area contributed by atoms with E-state index in [1.165, 1.54) is 0 Å². The molecule has 0 heterocycles. The molecule has 0 aliphatic carbocycles. The van der Waals surface area contributed by atoms with E-state index in [9.17, 15) is 0 Å². The molecule has 120 heteroatoms. The molecular formula is H200F80N40. The molecule has 0 rings (SSSR count). The lowest BCUT2D eigenvalue weighted by molar-refractivity contribution is 1.11. The van der Waals surface area contributed by atoms with Crippen LogP contribution in [0.1, 0.15) is 0 Å². The van der Waals surface area contributed by atoms with Gasteiger partial charge in [-0.3, -0.25) is 376 Å². The molecule has 0 aromatic heterocycles. The van der Waals surface area contributed by atoms with Crippen molar-refractivity contribution in [2.24, 2.45) is 0 Å². The maximum Gasteiger partial charge on any atom is -0.269 e. The molecule has 0 unspecified atom stereocenters. The van der Waals surface area contributed by atoms with Gasteiger partial charge in [-0.1, -0.05) is 0 Å². The Labute approximate surface area is 625 Å². The van der Waals surface area contributed by atoms with Gasteiger partial charge in [0.15, 0.2) is 0 Å². The lowest BCUT2D eigenvalue weighted by atomic mass is 14.0. The Morgan fingerprint density at radius 1 is 0.0167 bits per heavy atom. The zero-order valence-corrected chi connectivity index (χ0v) is 60.9. The minimum atomic E-state index is 0. The summed E-state index contributed by atoms with van der Waals surface area (Å²) in [7, 11) is 0. The normalized spacial score (nSPS) is 0. The van der Waals surface area contributed by atoms with Crippen LogP contribution in [0.25, 0.3) is 0 Å². The molecule has 40 nitrogen and oxygen atoms in total. The summed E-state index contributed by atoms with van der Waals surface area (Å²) < 4.78 is 0. The first-order valence-electron chi connectivity index (χ1n) is 0. The molecule has 0 amide bonds. The summed E-state index contributed by atoms with van der Waals surface area (Å²) in [4.78, 5) is 0. The van der Waals surface area contributed by atoms with Gasteiger partial charge in [0.05, 0.1) is 0 Å². The molecule has 0 bridgehead atoms. The molecule has 0 aromatic carbocycles. The number of hydrogen-bond acceptors (Lipinski definition) is 40. The fourth-order valence-corrected chi connectivity index (χ4v) is 0. The van der Waals surface area contributed by atoms with Gasteiger partial charge in [0.25, 0.3) is 0 Å². The summed E-state index contributed by atoms with van der Waals surface area (Å²) >= 11 is 0. The van der Waals surface area contributed by atoms with E-state index in [1.807, 2.05) is 0 Å². The maximum absolute atomic E-state index is 0. The van der Waals surface area contributed by atoms with Crippen molar-refractivity contribution in [2.45, 2.75) is 0 Å². The topological polar surface area (TPSA) is 1400 Å². The highest BCUT2D eigenvalue weighted by Crippen LogP contribution is 0.503. The summed E-state index contributed by atoms with van der Waals surface area (Å²) in [5, 5.41) is 0. The highest BCUT2D eigenvalue weighted by molar-refractivity contribution is 2.18. The van der Waals surface area contributed by atoms with Gasteiger partial charge in [-0.05, 0) is 0 Å². The average Bonchev–Trinajstić information content (AvgIpc) is 0. The van der Waals surface area contributed by atoms with Gasteiger partial charge in [0, 0.05) is 0 Å². The molecule has 0 saturated carbocycles. The first-order valence-corrected chi connectivity index (χ1v) is 0. The average molecular weight is 2280 g/mol. The first kappa shape index (κ1) is 27200. The minimum absolute atomic E-state index is 0. The molecule has 960 valence electrons. The van der Waals surface area contributed by atoms with Crippen LogP contribution in [0.5, 0.6) is 0 Å². The molecule has 0 aliphatic rings. The van der Waals surface area contributed by atoms with Crippen molar-refractivity contribution >= 4 is 0 Å². The lowest BCUT2D eigenvalue weighted by Crippen LogP contribution is -0.482. The van der Waals surface area contributed by atoms with Crippen LogP contribution in [0.15, 0.2) is 0 Å². The van der Waals surface area contributed by atoms with E-state index in [4.69, 9.17) is 0 Å².